The molecule has 1 amide bonds. The molecule has 0 aliphatic carbocycles. The zero-order chi connectivity index (χ0) is 12.9. The van der Waals surface area contributed by atoms with Crippen LogP contribution in [0.5, 0.6) is 0 Å². The molecule has 0 radical (unpaired) electrons. The van der Waals surface area contributed by atoms with Crippen molar-refractivity contribution in [3.8, 4) is 0 Å². The molecule has 5 nitrogen and oxygen atoms in total. The van der Waals surface area contributed by atoms with Gasteiger partial charge in [-0.2, -0.15) is 0 Å². The van der Waals surface area contributed by atoms with Crippen LogP contribution in [0, 0.1) is 0 Å². The molecule has 0 unspecified atom stereocenters. The number of carboxylic acids is 1. The highest BCUT2D eigenvalue weighted by atomic mass is 16.6. The molecule has 5 heteroatoms. The SMILES string of the molecule is CCC(NC(=O)OC(C)(C)C)=C(C)C(=O)O. The van der Waals surface area contributed by atoms with E-state index in [2.05, 4.69) is 5.32 Å². The normalized spacial score (nSPS) is 12.8. The molecule has 92 valence electrons. The molecule has 0 saturated heterocycles. The summed E-state index contributed by atoms with van der Waals surface area (Å²) in [6, 6.07) is 0. The Morgan fingerprint density at radius 2 is 1.81 bits per heavy atom. The summed E-state index contributed by atoms with van der Waals surface area (Å²) in [5, 5.41) is 11.2. The topological polar surface area (TPSA) is 75.6 Å². The maximum absolute atomic E-state index is 11.4. The number of carbonyl (C=O) groups is 2. The van der Waals surface area contributed by atoms with Crippen molar-refractivity contribution < 1.29 is 19.4 Å². The van der Waals surface area contributed by atoms with Crippen molar-refractivity contribution in [2.75, 3.05) is 0 Å². The summed E-state index contributed by atoms with van der Waals surface area (Å²) in [5.41, 5.74) is -0.116. The van der Waals surface area contributed by atoms with Gasteiger partial charge in [-0.1, -0.05) is 6.92 Å². The third kappa shape index (κ3) is 5.38. The first-order valence-corrected chi connectivity index (χ1v) is 5.10. The molecule has 0 aliphatic rings. The Kier molecular flexibility index (Phi) is 5.01. The van der Waals surface area contributed by atoms with Gasteiger partial charge in [-0.15, -0.1) is 0 Å². The van der Waals surface area contributed by atoms with E-state index in [1.165, 1.54) is 6.92 Å². The molecule has 16 heavy (non-hydrogen) atoms. The van der Waals surface area contributed by atoms with Gasteiger partial charge < -0.3 is 9.84 Å². The van der Waals surface area contributed by atoms with Crippen LogP contribution < -0.4 is 5.32 Å². The molecular weight excluding hydrogens is 210 g/mol. The summed E-state index contributed by atoms with van der Waals surface area (Å²) in [6.45, 7) is 8.43. The first-order valence-electron chi connectivity index (χ1n) is 5.10. The average molecular weight is 229 g/mol. The van der Waals surface area contributed by atoms with Crippen molar-refractivity contribution >= 4 is 12.1 Å². The number of nitrogens with one attached hydrogen (secondary N) is 1. The van der Waals surface area contributed by atoms with Crippen LogP contribution in [0.3, 0.4) is 0 Å². The van der Waals surface area contributed by atoms with E-state index < -0.39 is 17.7 Å². The monoisotopic (exact) mass is 229 g/mol. The van der Waals surface area contributed by atoms with E-state index in [0.717, 1.165) is 0 Å². The van der Waals surface area contributed by atoms with Gasteiger partial charge >= 0.3 is 12.1 Å². The van der Waals surface area contributed by atoms with Crippen molar-refractivity contribution in [3.05, 3.63) is 11.3 Å². The number of amides is 1. The minimum Gasteiger partial charge on any atom is -0.478 e. The average Bonchev–Trinajstić information content (AvgIpc) is 2.09. The van der Waals surface area contributed by atoms with Crippen molar-refractivity contribution in [3.63, 3.8) is 0 Å². The van der Waals surface area contributed by atoms with Gasteiger partial charge in [0.1, 0.15) is 5.60 Å². The van der Waals surface area contributed by atoms with E-state index >= 15 is 0 Å². The van der Waals surface area contributed by atoms with Gasteiger partial charge in [0, 0.05) is 5.70 Å². The van der Waals surface area contributed by atoms with Gasteiger partial charge in [-0.25, -0.2) is 9.59 Å². The molecule has 0 bridgehead atoms. The summed E-state index contributed by atoms with van der Waals surface area (Å²) in [7, 11) is 0. The lowest BCUT2D eigenvalue weighted by atomic mass is 10.2. The van der Waals surface area contributed by atoms with Gasteiger partial charge in [0.2, 0.25) is 0 Å². The second-order valence-electron chi connectivity index (χ2n) is 4.39. The molecule has 0 heterocycles. The van der Waals surface area contributed by atoms with E-state index in [-0.39, 0.29) is 5.57 Å². The second-order valence-corrected chi connectivity index (χ2v) is 4.39. The number of hydrogen-bond acceptors (Lipinski definition) is 3. The van der Waals surface area contributed by atoms with Crippen LogP contribution in [0.4, 0.5) is 4.79 Å². The molecular formula is C11H19NO4. The fourth-order valence-electron chi connectivity index (χ4n) is 1.00. The maximum atomic E-state index is 11.4. The molecule has 0 aromatic heterocycles. The Morgan fingerprint density at radius 3 is 2.12 bits per heavy atom. The van der Waals surface area contributed by atoms with E-state index in [4.69, 9.17) is 9.84 Å². The van der Waals surface area contributed by atoms with Crippen LogP contribution in [0.15, 0.2) is 11.3 Å². The van der Waals surface area contributed by atoms with Gasteiger partial charge in [0.05, 0.1) is 5.57 Å². The Bertz CT molecular complexity index is 312. The lowest BCUT2D eigenvalue weighted by Gasteiger charge is -2.20. The predicted octanol–water partition coefficient (Wildman–Crippen LogP) is 2.28. The number of alkyl carbamates (subject to hydrolysis) is 1. The smallest absolute Gasteiger partial charge is 0.411 e. The minimum absolute atomic E-state index is 0.119. The fourth-order valence-corrected chi connectivity index (χ4v) is 1.00. The molecule has 2 N–H and O–H groups in total. The van der Waals surface area contributed by atoms with E-state index in [0.29, 0.717) is 12.1 Å². The zero-order valence-corrected chi connectivity index (χ0v) is 10.4. The second kappa shape index (κ2) is 5.53. The molecule has 0 rings (SSSR count). The Labute approximate surface area is 95.5 Å². The Balaban J connectivity index is 4.64. The molecule has 0 aliphatic heterocycles. The number of rotatable bonds is 3. The summed E-state index contributed by atoms with van der Waals surface area (Å²) >= 11 is 0. The molecule has 0 spiro atoms. The van der Waals surface area contributed by atoms with Crippen LogP contribution in [-0.2, 0) is 9.53 Å². The van der Waals surface area contributed by atoms with E-state index in [1.807, 2.05) is 0 Å². The fraction of sp³-hybridized carbons (Fsp3) is 0.636. The molecule has 0 saturated carbocycles. The zero-order valence-electron chi connectivity index (χ0n) is 10.4. The summed E-state index contributed by atoms with van der Waals surface area (Å²) in [6.07, 6.45) is -0.206. The quantitative estimate of drug-likeness (QED) is 0.728. The van der Waals surface area contributed by atoms with Crippen LogP contribution >= 0.6 is 0 Å². The van der Waals surface area contributed by atoms with Crippen molar-refractivity contribution in [2.24, 2.45) is 0 Å². The van der Waals surface area contributed by atoms with Gasteiger partial charge in [0.15, 0.2) is 0 Å². The Morgan fingerprint density at radius 1 is 1.31 bits per heavy atom. The first kappa shape index (κ1) is 14.5. The highest BCUT2D eigenvalue weighted by Gasteiger charge is 2.18. The number of ether oxygens (including phenoxy) is 1. The first-order chi connectivity index (χ1) is 7.17. The van der Waals surface area contributed by atoms with Crippen LogP contribution in [0.25, 0.3) is 0 Å². The highest BCUT2D eigenvalue weighted by Crippen LogP contribution is 2.10. The third-order valence-corrected chi connectivity index (χ3v) is 1.78. The van der Waals surface area contributed by atoms with Crippen LogP contribution in [0.2, 0.25) is 0 Å². The van der Waals surface area contributed by atoms with Crippen molar-refractivity contribution in [1.29, 1.82) is 0 Å². The maximum Gasteiger partial charge on any atom is 0.411 e. The number of allylic oxidation sites excluding steroid dienone is 1. The highest BCUT2D eigenvalue weighted by molar-refractivity contribution is 5.87. The van der Waals surface area contributed by atoms with Gasteiger partial charge in [0.25, 0.3) is 0 Å². The van der Waals surface area contributed by atoms with Crippen molar-refractivity contribution in [2.45, 2.75) is 46.6 Å². The van der Waals surface area contributed by atoms with E-state index in [1.54, 1.807) is 27.7 Å². The van der Waals surface area contributed by atoms with E-state index in [9.17, 15) is 9.59 Å². The molecule has 0 aromatic rings. The number of aliphatic carboxylic acids is 1. The third-order valence-electron chi connectivity index (χ3n) is 1.78. The lowest BCUT2D eigenvalue weighted by Crippen LogP contribution is -2.32. The van der Waals surface area contributed by atoms with Gasteiger partial charge in [-0.3, -0.25) is 5.32 Å². The number of carboxylic acid groups (broad SMARTS) is 1. The minimum atomic E-state index is -1.05. The van der Waals surface area contributed by atoms with Crippen molar-refractivity contribution in [1.82, 2.24) is 5.32 Å². The summed E-state index contributed by atoms with van der Waals surface area (Å²) in [5.74, 6) is -1.05. The molecule has 0 aromatic carbocycles. The largest absolute Gasteiger partial charge is 0.478 e. The predicted molar refractivity (Wildman–Crippen MR) is 60.0 cm³/mol. The standard InChI is InChI=1S/C11H19NO4/c1-6-8(7(2)9(13)14)12-10(15)16-11(3,4)5/h6H2,1-5H3,(H,12,15)(H,13,14). The molecule has 0 atom stereocenters. The Hall–Kier alpha value is -1.52. The summed E-state index contributed by atoms with van der Waals surface area (Å²) in [4.78, 5) is 22.1. The molecule has 0 fully saturated rings. The lowest BCUT2D eigenvalue weighted by molar-refractivity contribution is -0.132. The van der Waals surface area contributed by atoms with Gasteiger partial charge in [-0.05, 0) is 34.1 Å². The number of hydrogen-bond donors (Lipinski definition) is 2. The summed E-state index contributed by atoms with van der Waals surface area (Å²) < 4.78 is 5.02. The van der Waals surface area contributed by atoms with Crippen LogP contribution in [0.1, 0.15) is 41.0 Å². The number of carbonyl (C=O) groups excluding carboxylic acids is 1. The van der Waals surface area contributed by atoms with Crippen LogP contribution in [-0.4, -0.2) is 22.8 Å².